The number of thioether (sulfide) groups is 1. The Morgan fingerprint density at radius 3 is 2.59 bits per heavy atom. The first kappa shape index (κ1) is 25.2. The molecule has 2 N–H and O–H groups in total. The van der Waals surface area contributed by atoms with Crippen molar-refractivity contribution < 1.29 is 14.4 Å². The number of amidine groups is 2. The third-order valence-electron chi connectivity index (χ3n) is 5.73. The van der Waals surface area contributed by atoms with Crippen molar-refractivity contribution in [2.45, 2.75) is 25.6 Å². The Kier molecular flexibility index (Phi) is 7.68. The van der Waals surface area contributed by atoms with Crippen LogP contribution >= 0.6 is 34.7 Å². The SMILES string of the molecule is O=C(CSC1=Nc2ccccc2C2=N[C@@H](CC(=O)NCc3cccs3)C(=O)N12)NCc1ccccc1Cl. The maximum atomic E-state index is 13.3. The van der Waals surface area contributed by atoms with Crippen molar-refractivity contribution >= 4 is 69.1 Å². The van der Waals surface area contributed by atoms with Crippen molar-refractivity contribution in [1.29, 1.82) is 0 Å². The zero-order valence-corrected chi connectivity index (χ0v) is 21.9. The number of nitrogens with one attached hydrogen (secondary N) is 2. The topological polar surface area (TPSA) is 103 Å². The standard InChI is InChI=1S/C26H22ClN5O3S2/c27-19-9-3-1-6-16(19)13-28-23(34)15-37-26-31-20-10-4-2-8-18(20)24-30-21(25(35)32(24)26)12-22(33)29-14-17-7-5-11-36-17/h1-11,21H,12-15H2,(H,28,34)(H,29,33)/t21-/m0/s1. The van der Waals surface area contributed by atoms with Gasteiger partial charge in [0, 0.05) is 22.0 Å². The molecule has 3 amide bonds. The molecule has 2 aliphatic rings. The molecule has 0 spiro atoms. The summed E-state index contributed by atoms with van der Waals surface area (Å²) in [4.78, 5) is 50.1. The Morgan fingerprint density at radius 1 is 1.00 bits per heavy atom. The number of halogens is 1. The van der Waals surface area contributed by atoms with Crippen LogP contribution in [-0.2, 0) is 27.5 Å². The summed E-state index contributed by atoms with van der Waals surface area (Å²) in [5.41, 5.74) is 2.19. The third-order valence-corrected chi connectivity index (χ3v) is 7.92. The Balaban J connectivity index is 1.26. The molecule has 11 heteroatoms. The second-order valence-electron chi connectivity index (χ2n) is 8.27. The van der Waals surface area contributed by atoms with Crippen LogP contribution in [-0.4, -0.2) is 45.4 Å². The molecule has 188 valence electrons. The lowest BCUT2D eigenvalue weighted by Gasteiger charge is -2.25. The van der Waals surface area contributed by atoms with Gasteiger partial charge in [0.05, 0.1) is 24.4 Å². The molecule has 0 bridgehead atoms. The smallest absolute Gasteiger partial charge is 0.259 e. The summed E-state index contributed by atoms with van der Waals surface area (Å²) in [7, 11) is 0. The van der Waals surface area contributed by atoms with Crippen molar-refractivity contribution in [2.75, 3.05) is 5.75 Å². The fourth-order valence-corrected chi connectivity index (χ4v) is 5.57. The van der Waals surface area contributed by atoms with Gasteiger partial charge in [0.1, 0.15) is 11.9 Å². The summed E-state index contributed by atoms with van der Waals surface area (Å²) in [5, 5.41) is 8.58. The highest BCUT2D eigenvalue weighted by Gasteiger charge is 2.42. The second-order valence-corrected chi connectivity index (χ2v) is 10.7. The normalized spacial score (nSPS) is 16.0. The van der Waals surface area contributed by atoms with E-state index in [1.54, 1.807) is 17.4 Å². The van der Waals surface area contributed by atoms with E-state index >= 15 is 0 Å². The van der Waals surface area contributed by atoms with Crippen molar-refractivity contribution in [3.05, 3.63) is 87.1 Å². The van der Waals surface area contributed by atoms with Crippen LogP contribution in [0.25, 0.3) is 0 Å². The number of hydrogen-bond acceptors (Lipinski definition) is 7. The Hall–Kier alpha value is -3.47. The number of amides is 3. The van der Waals surface area contributed by atoms with Gasteiger partial charge in [0.15, 0.2) is 5.17 Å². The Labute approximate surface area is 226 Å². The van der Waals surface area contributed by atoms with Crippen LogP contribution in [0.3, 0.4) is 0 Å². The maximum Gasteiger partial charge on any atom is 0.259 e. The van der Waals surface area contributed by atoms with E-state index in [2.05, 4.69) is 20.6 Å². The lowest BCUT2D eigenvalue weighted by atomic mass is 10.1. The van der Waals surface area contributed by atoms with Crippen LogP contribution in [0.1, 0.15) is 22.4 Å². The number of rotatable bonds is 8. The summed E-state index contributed by atoms with van der Waals surface area (Å²) in [6.07, 6.45) is -0.0668. The first-order valence-corrected chi connectivity index (χ1v) is 13.8. The van der Waals surface area contributed by atoms with E-state index in [-0.39, 0.29) is 29.9 Å². The molecule has 0 unspecified atom stereocenters. The molecule has 2 aliphatic heterocycles. The number of hydrogen-bond donors (Lipinski definition) is 2. The molecule has 0 radical (unpaired) electrons. The van der Waals surface area contributed by atoms with Crippen molar-refractivity contribution in [2.24, 2.45) is 9.98 Å². The predicted molar refractivity (Wildman–Crippen MR) is 147 cm³/mol. The zero-order chi connectivity index (χ0) is 25.8. The molecule has 0 saturated heterocycles. The fourth-order valence-electron chi connectivity index (χ4n) is 3.90. The van der Waals surface area contributed by atoms with Gasteiger partial charge in [0.2, 0.25) is 11.8 Å². The van der Waals surface area contributed by atoms with Gasteiger partial charge in [0.25, 0.3) is 5.91 Å². The van der Waals surface area contributed by atoms with Crippen LogP contribution < -0.4 is 10.6 Å². The van der Waals surface area contributed by atoms with Crippen LogP contribution in [0, 0.1) is 0 Å². The van der Waals surface area contributed by atoms with E-state index in [4.69, 9.17) is 11.6 Å². The van der Waals surface area contributed by atoms with Crippen LogP contribution in [0.2, 0.25) is 5.02 Å². The molecule has 5 rings (SSSR count). The van der Waals surface area contributed by atoms with Gasteiger partial charge in [-0.15, -0.1) is 11.3 Å². The summed E-state index contributed by atoms with van der Waals surface area (Å²) >= 11 is 8.87. The lowest BCUT2D eigenvalue weighted by molar-refractivity contribution is -0.128. The van der Waals surface area contributed by atoms with Crippen LogP contribution in [0.5, 0.6) is 0 Å². The number of carbonyl (C=O) groups is 3. The quantitative estimate of drug-likeness (QED) is 0.439. The van der Waals surface area contributed by atoms with Gasteiger partial charge in [-0.1, -0.05) is 59.8 Å². The minimum atomic E-state index is -0.857. The molecule has 8 nitrogen and oxygen atoms in total. The van der Waals surface area contributed by atoms with Gasteiger partial charge >= 0.3 is 0 Å². The zero-order valence-electron chi connectivity index (χ0n) is 19.5. The minimum Gasteiger partial charge on any atom is -0.351 e. The molecule has 3 heterocycles. The van der Waals surface area contributed by atoms with E-state index in [9.17, 15) is 14.4 Å². The van der Waals surface area contributed by atoms with Gasteiger partial charge < -0.3 is 10.6 Å². The van der Waals surface area contributed by atoms with Crippen molar-refractivity contribution in [3.8, 4) is 0 Å². The molecule has 1 atom stereocenters. The second kappa shape index (κ2) is 11.3. The maximum absolute atomic E-state index is 13.3. The number of thiophene rings is 1. The summed E-state index contributed by atoms with van der Waals surface area (Å²) < 4.78 is 0. The molecule has 0 saturated carbocycles. The number of aliphatic imine (C=N–C) groups is 2. The van der Waals surface area contributed by atoms with E-state index in [1.807, 2.05) is 60.0 Å². The highest BCUT2D eigenvalue weighted by Crippen LogP contribution is 2.34. The Morgan fingerprint density at radius 2 is 1.78 bits per heavy atom. The molecule has 37 heavy (non-hydrogen) atoms. The first-order valence-electron chi connectivity index (χ1n) is 11.5. The summed E-state index contributed by atoms with van der Waals surface area (Å²) in [6, 6.07) is 17.7. The van der Waals surface area contributed by atoms with Crippen LogP contribution in [0.4, 0.5) is 5.69 Å². The summed E-state index contributed by atoms with van der Waals surface area (Å²) in [5.74, 6) is -0.311. The number of para-hydroxylation sites is 1. The van der Waals surface area contributed by atoms with Crippen molar-refractivity contribution in [3.63, 3.8) is 0 Å². The average molecular weight is 552 g/mol. The fraction of sp³-hybridized carbons (Fsp3) is 0.192. The minimum absolute atomic E-state index is 0.0501. The van der Waals surface area contributed by atoms with Crippen LogP contribution in [0.15, 0.2) is 76.0 Å². The monoisotopic (exact) mass is 551 g/mol. The molecule has 2 aromatic carbocycles. The van der Waals surface area contributed by atoms with E-state index in [0.717, 1.165) is 22.2 Å². The van der Waals surface area contributed by atoms with E-state index in [0.29, 0.717) is 40.4 Å². The van der Waals surface area contributed by atoms with E-state index < -0.39 is 6.04 Å². The molecule has 0 fully saturated rings. The lowest BCUT2D eigenvalue weighted by Crippen LogP contribution is -2.42. The first-order chi connectivity index (χ1) is 18.0. The van der Waals surface area contributed by atoms with Gasteiger partial charge in [-0.25, -0.2) is 9.89 Å². The van der Waals surface area contributed by atoms with E-state index in [1.165, 1.54) is 4.90 Å². The van der Waals surface area contributed by atoms with Gasteiger partial charge in [-0.2, -0.15) is 0 Å². The number of nitrogens with zero attached hydrogens (tertiary/aromatic N) is 3. The number of benzene rings is 2. The number of fused-ring (bicyclic) bond motifs is 3. The Bertz CT molecular complexity index is 1410. The summed E-state index contributed by atoms with van der Waals surface area (Å²) in [6.45, 7) is 0.707. The van der Waals surface area contributed by atoms with Crippen molar-refractivity contribution in [1.82, 2.24) is 15.5 Å². The largest absolute Gasteiger partial charge is 0.351 e. The number of carbonyl (C=O) groups excluding carboxylic acids is 3. The predicted octanol–water partition coefficient (Wildman–Crippen LogP) is 4.12. The molecule has 0 aliphatic carbocycles. The third kappa shape index (κ3) is 5.76. The highest BCUT2D eigenvalue weighted by atomic mass is 35.5. The molecular weight excluding hydrogens is 530 g/mol. The van der Waals surface area contributed by atoms with Gasteiger partial charge in [-0.3, -0.25) is 19.4 Å². The van der Waals surface area contributed by atoms with Gasteiger partial charge in [-0.05, 0) is 35.2 Å². The molecule has 1 aromatic heterocycles. The average Bonchev–Trinajstić information content (AvgIpc) is 3.54. The molecule has 3 aromatic rings. The molecular formula is C26H22ClN5O3S2. The highest BCUT2D eigenvalue weighted by molar-refractivity contribution is 8.14.